The Morgan fingerprint density at radius 1 is 1.57 bits per heavy atom. The molecule has 4 heteroatoms. The number of carbonyl (C=O) groups excluding carboxylic acids is 1. The number of aldehydes is 1. The molecule has 0 bridgehead atoms. The first-order chi connectivity index (χ1) is 6.66. The van der Waals surface area contributed by atoms with Gasteiger partial charge in [0.15, 0.2) is 0 Å². The summed E-state index contributed by atoms with van der Waals surface area (Å²) < 4.78 is 0. The van der Waals surface area contributed by atoms with Gasteiger partial charge < -0.3 is 9.69 Å². The summed E-state index contributed by atoms with van der Waals surface area (Å²) in [5, 5.41) is 4.38. The van der Waals surface area contributed by atoms with Crippen molar-refractivity contribution in [1.29, 1.82) is 0 Å². The number of rotatable bonds is 5. The molecule has 0 aliphatic carbocycles. The van der Waals surface area contributed by atoms with Crippen LogP contribution in [0.2, 0.25) is 0 Å². The molecule has 0 atom stereocenters. The zero-order valence-electron chi connectivity index (χ0n) is 9.23. The Morgan fingerprint density at radius 3 is 2.86 bits per heavy atom. The van der Waals surface area contributed by atoms with Crippen LogP contribution in [0.1, 0.15) is 12.8 Å². The summed E-state index contributed by atoms with van der Waals surface area (Å²) in [5.41, 5.74) is 0. The largest absolute Gasteiger partial charge is 0.364 e. The van der Waals surface area contributed by atoms with Gasteiger partial charge in [0.05, 0.1) is 0 Å². The van der Waals surface area contributed by atoms with E-state index in [0.29, 0.717) is 6.42 Å². The van der Waals surface area contributed by atoms with E-state index >= 15 is 0 Å². The maximum absolute atomic E-state index is 10.2. The first-order valence-electron chi connectivity index (χ1n) is 4.96. The fourth-order valence-electron chi connectivity index (χ4n) is 1.62. The number of hydrogen-bond acceptors (Lipinski definition) is 4. The van der Waals surface area contributed by atoms with Crippen molar-refractivity contribution in [3.63, 3.8) is 0 Å². The lowest BCUT2D eigenvalue weighted by Gasteiger charge is -2.32. The van der Waals surface area contributed by atoms with Crippen LogP contribution in [0.4, 0.5) is 0 Å². The van der Waals surface area contributed by atoms with E-state index in [2.05, 4.69) is 28.0 Å². The predicted molar refractivity (Wildman–Crippen MR) is 56.4 cm³/mol. The van der Waals surface area contributed by atoms with Crippen LogP contribution >= 0.6 is 0 Å². The third-order valence-corrected chi connectivity index (χ3v) is 2.36. The molecule has 0 saturated carbocycles. The van der Waals surface area contributed by atoms with Gasteiger partial charge in [-0.25, -0.2) is 5.01 Å². The number of nitrogens with zero attached hydrogens (tertiary/aromatic N) is 3. The lowest BCUT2D eigenvalue weighted by atomic mass is 10.3. The Bertz CT molecular complexity index is 225. The van der Waals surface area contributed by atoms with Crippen molar-refractivity contribution < 1.29 is 4.79 Å². The molecule has 0 aromatic heterocycles. The van der Waals surface area contributed by atoms with Gasteiger partial charge in [0, 0.05) is 40.7 Å². The third-order valence-electron chi connectivity index (χ3n) is 2.36. The Balaban J connectivity index is 2.47. The van der Waals surface area contributed by atoms with E-state index in [1.54, 1.807) is 0 Å². The molecule has 0 saturated heterocycles. The molecule has 0 aromatic rings. The molecular weight excluding hydrogens is 178 g/mol. The molecule has 1 aliphatic heterocycles. The Hall–Kier alpha value is -1.03. The second-order valence-corrected chi connectivity index (χ2v) is 3.73. The van der Waals surface area contributed by atoms with Crippen molar-refractivity contribution in [2.45, 2.75) is 12.8 Å². The highest BCUT2D eigenvalue weighted by molar-refractivity contribution is 5.49. The third kappa shape index (κ3) is 2.48. The minimum atomic E-state index is 0.644. The van der Waals surface area contributed by atoms with Crippen LogP contribution in [0.15, 0.2) is 11.9 Å². The van der Waals surface area contributed by atoms with Gasteiger partial charge in [0.1, 0.15) is 12.1 Å². The second kappa shape index (κ2) is 5.00. The predicted octanol–water partition coefficient (Wildman–Crippen LogP) is 0.531. The van der Waals surface area contributed by atoms with Crippen molar-refractivity contribution >= 4 is 6.29 Å². The average Bonchev–Trinajstić information content (AvgIpc) is 2.48. The second-order valence-electron chi connectivity index (χ2n) is 3.73. The van der Waals surface area contributed by atoms with Gasteiger partial charge in [0.2, 0.25) is 0 Å². The fraction of sp³-hybridized carbons (Fsp3) is 0.700. The van der Waals surface area contributed by atoms with Gasteiger partial charge in [-0.3, -0.25) is 5.01 Å². The minimum absolute atomic E-state index is 0.644. The highest BCUT2D eigenvalue weighted by Crippen LogP contribution is 2.17. The quantitative estimate of drug-likeness (QED) is 0.474. The van der Waals surface area contributed by atoms with E-state index in [-0.39, 0.29) is 0 Å². The summed E-state index contributed by atoms with van der Waals surface area (Å²) in [5.74, 6) is 1.22. The van der Waals surface area contributed by atoms with Crippen molar-refractivity contribution in [1.82, 2.24) is 14.9 Å². The molecule has 0 aromatic carbocycles. The van der Waals surface area contributed by atoms with Crippen LogP contribution in [0.5, 0.6) is 0 Å². The average molecular weight is 197 g/mol. The smallest absolute Gasteiger partial charge is 0.120 e. The van der Waals surface area contributed by atoms with Crippen molar-refractivity contribution in [2.24, 2.45) is 0 Å². The van der Waals surface area contributed by atoms with Gasteiger partial charge in [-0.2, -0.15) is 0 Å². The normalized spacial score (nSPS) is 17.1. The summed E-state index contributed by atoms with van der Waals surface area (Å²) in [6.45, 7) is 1.87. The van der Waals surface area contributed by atoms with E-state index in [1.807, 2.05) is 14.1 Å². The van der Waals surface area contributed by atoms with Crippen LogP contribution in [-0.4, -0.2) is 55.4 Å². The summed E-state index contributed by atoms with van der Waals surface area (Å²) in [7, 11) is 6.14. The summed E-state index contributed by atoms with van der Waals surface area (Å²) in [6.07, 6.45) is 4.74. The number of carbonyl (C=O) groups is 1. The molecule has 0 radical (unpaired) electrons. The molecule has 0 fully saturated rings. The van der Waals surface area contributed by atoms with Crippen molar-refractivity contribution in [3.8, 4) is 0 Å². The van der Waals surface area contributed by atoms with Gasteiger partial charge in [-0.05, 0) is 12.5 Å². The van der Waals surface area contributed by atoms with E-state index < -0.39 is 0 Å². The Morgan fingerprint density at radius 2 is 2.29 bits per heavy atom. The summed E-state index contributed by atoms with van der Waals surface area (Å²) in [6, 6.07) is 0. The molecular formula is C10H19N3O. The SMILES string of the molecule is CN(C)C1=CCN(C)N1CCCC=O. The standard InChI is InChI=1S/C10H19N3O/c1-11(2)10-6-8-12(3)13(10)7-4-5-9-14/h6,9H,4-5,7-8H2,1-3H3. The van der Waals surface area contributed by atoms with E-state index in [9.17, 15) is 4.79 Å². The van der Waals surface area contributed by atoms with Crippen LogP contribution in [-0.2, 0) is 4.79 Å². The van der Waals surface area contributed by atoms with Crippen molar-refractivity contribution in [2.75, 3.05) is 34.2 Å². The van der Waals surface area contributed by atoms with E-state index in [0.717, 1.165) is 25.8 Å². The molecule has 14 heavy (non-hydrogen) atoms. The van der Waals surface area contributed by atoms with Crippen LogP contribution in [0, 0.1) is 0 Å². The Labute approximate surface area is 85.7 Å². The lowest BCUT2D eigenvalue weighted by molar-refractivity contribution is -0.108. The topological polar surface area (TPSA) is 26.8 Å². The maximum Gasteiger partial charge on any atom is 0.120 e. The van der Waals surface area contributed by atoms with Gasteiger partial charge in [0.25, 0.3) is 0 Å². The summed E-state index contributed by atoms with van der Waals surface area (Å²) >= 11 is 0. The first-order valence-corrected chi connectivity index (χ1v) is 4.96. The van der Waals surface area contributed by atoms with E-state index in [1.165, 1.54) is 5.82 Å². The maximum atomic E-state index is 10.2. The number of hydrogen-bond donors (Lipinski definition) is 0. The van der Waals surface area contributed by atoms with Crippen LogP contribution in [0.3, 0.4) is 0 Å². The molecule has 4 nitrogen and oxygen atoms in total. The molecule has 0 spiro atoms. The zero-order chi connectivity index (χ0) is 10.6. The lowest BCUT2D eigenvalue weighted by Crippen LogP contribution is -2.38. The fourth-order valence-corrected chi connectivity index (χ4v) is 1.62. The van der Waals surface area contributed by atoms with Crippen LogP contribution in [0.25, 0.3) is 0 Å². The number of unbranched alkanes of at least 4 members (excludes halogenated alkanes) is 1. The zero-order valence-corrected chi connectivity index (χ0v) is 9.23. The molecule has 1 heterocycles. The number of hydrazine groups is 1. The molecule has 1 rings (SSSR count). The molecule has 0 unspecified atom stereocenters. The van der Waals surface area contributed by atoms with E-state index in [4.69, 9.17) is 0 Å². The minimum Gasteiger partial charge on any atom is -0.364 e. The van der Waals surface area contributed by atoms with Gasteiger partial charge >= 0.3 is 0 Å². The van der Waals surface area contributed by atoms with Gasteiger partial charge in [-0.1, -0.05) is 0 Å². The number of likely N-dealkylation sites (N-methyl/N-ethyl adjacent to an activating group) is 1. The van der Waals surface area contributed by atoms with Gasteiger partial charge in [-0.15, -0.1) is 0 Å². The molecule has 1 aliphatic rings. The van der Waals surface area contributed by atoms with Crippen molar-refractivity contribution in [3.05, 3.63) is 11.9 Å². The van der Waals surface area contributed by atoms with Crippen LogP contribution < -0.4 is 0 Å². The molecule has 0 amide bonds. The highest BCUT2D eigenvalue weighted by atomic mass is 16.1. The Kier molecular flexibility index (Phi) is 3.95. The highest BCUT2D eigenvalue weighted by Gasteiger charge is 2.20. The summed E-state index contributed by atoms with van der Waals surface area (Å²) in [4.78, 5) is 12.3. The first kappa shape index (κ1) is 11.0. The molecule has 80 valence electrons. The monoisotopic (exact) mass is 197 g/mol. The molecule has 0 N–H and O–H groups in total.